The molecule has 18 heavy (non-hydrogen) atoms. The first-order valence-electron chi connectivity index (χ1n) is 6.97. The lowest BCUT2D eigenvalue weighted by molar-refractivity contribution is -0.135. The van der Waals surface area contributed by atoms with Crippen LogP contribution in [-0.4, -0.2) is 57.4 Å². The molecule has 0 aliphatic carbocycles. The zero-order valence-corrected chi connectivity index (χ0v) is 11.2. The van der Waals surface area contributed by atoms with Gasteiger partial charge in [0.25, 0.3) is 0 Å². The van der Waals surface area contributed by atoms with Gasteiger partial charge in [-0.1, -0.05) is 39.0 Å². The van der Waals surface area contributed by atoms with E-state index in [0.717, 1.165) is 19.3 Å². The first-order valence-corrected chi connectivity index (χ1v) is 6.97. The molecule has 0 amide bonds. The Hall–Kier alpha value is -0.200. The number of unbranched alkanes of at least 4 members (excludes halogenated alkanes) is 4. The highest BCUT2D eigenvalue weighted by molar-refractivity contribution is 5.04. The molecule has 108 valence electrons. The highest BCUT2D eigenvalue weighted by atomic mass is 16.4. The van der Waals surface area contributed by atoms with Crippen LogP contribution in [0.15, 0.2) is 0 Å². The number of aliphatic hydroxyl groups excluding tert-OH is 4. The zero-order valence-electron chi connectivity index (χ0n) is 11.2. The highest BCUT2D eigenvalue weighted by Gasteiger charge is 2.46. The van der Waals surface area contributed by atoms with Crippen molar-refractivity contribution in [1.29, 1.82) is 0 Å². The summed E-state index contributed by atoms with van der Waals surface area (Å²) >= 11 is 0. The van der Waals surface area contributed by atoms with E-state index in [-0.39, 0.29) is 13.2 Å². The van der Waals surface area contributed by atoms with Gasteiger partial charge in [0.15, 0.2) is 0 Å². The standard InChI is InChI=1S/C13H27NO4/c1-2-3-4-5-6-7-13(9-15)12(18)11(17)10(16)8-14-13/h10-12,14-18H,2-9H2,1H3/t10-,11+,12-,13+/m0/s1. The minimum absolute atomic E-state index is 0.202. The quantitative estimate of drug-likeness (QED) is 0.408. The Morgan fingerprint density at radius 1 is 1.11 bits per heavy atom. The molecule has 4 atom stereocenters. The average Bonchev–Trinajstić information content (AvgIpc) is 2.39. The first kappa shape index (κ1) is 15.9. The van der Waals surface area contributed by atoms with Crippen molar-refractivity contribution in [3.63, 3.8) is 0 Å². The average molecular weight is 261 g/mol. The second-order valence-electron chi connectivity index (χ2n) is 5.36. The monoisotopic (exact) mass is 261 g/mol. The van der Waals surface area contributed by atoms with Gasteiger partial charge in [-0.15, -0.1) is 0 Å². The molecule has 0 aromatic carbocycles. The minimum Gasteiger partial charge on any atom is -0.394 e. The number of piperidine rings is 1. The van der Waals surface area contributed by atoms with Crippen LogP contribution in [0.4, 0.5) is 0 Å². The summed E-state index contributed by atoms with van der Waals surface area (Å²) in [6.07, 6.45) is 2.81. The maximum absolute atomic E-state index is 10.0. The van der Waals surface area contributed by atoms with Crippen LogP contribution in [0, 0.1) is 0 Å². The zero-order chi connectivity index (χ0) is 13.6. The molecular weight excluding hydrogens is 234 g/mol. The van der Waals surface area contributed by atoms with E-state index in [9.17, 15) is 20.4 Å². The summed E-state index contributed by atoms with van der Waals surface area (Å²) in [5.41, 5.74) is -0.870. The van der Waals surface area contributed by atoms with Crippen LogP contribution in [0.3, 0.4) is 0 Å². The van der Waals surface area contributed by atoms with Gasteiger partial charge in [0.05, 0.1) is 18.2 Å². The van der Waals surface area contributed by atoms with E-state index in [1.54, 1.807) is 0 Å². The Bertz CT molecular complexity index is 239. The highest BCUT2D eigenvalue weighted by Crippen LogP contribution is 2.26. The lowest BCUT2D eigenvalue weighted by Gasteiger charge is -2.45. The fourth-order valence-corrected chi connectivity index (χ4v) is 2.58. The van der Waals surface area contributed by atoms with Gasteiger partial charge in [-0.05, 0) is 6.42 Å². The van der Waals surface area contributed by atoms with Gasteiger partial charge in [0, 0.05) is 6.54 Å². The molecular formula is C13H27NO4. The van der Waals surface area contributed by atoms with E-state index in [1.807, 2.05) is 0 Å². The van der Waals surface area contributed by atoms with Crippen molar-refractivity contribution in [2.24, 2.45) is 0 Å². The number of nitrogens with one attached hydrogen (secondary N) is 1. The Kier molecular flexibility index (Phi) is 6.52. The summed E-state index contributed by atoms with van der Waals surface area (Å²) in [7, 11) is 0. The fraction of sp³-hybridized carbons (Fsp3) is 1.00. The predicted octanol–water partition coefficient (Wildman–Crippen LogP) is -0.236. The summed E-state index contributed by atoms with van der Waals surface area (Å²) in [4.78, 5) is 0. The molecule has 5 N–H and O–H groups in total. The third-order valence-electron chi connectivity index (χ3n) is 3.96. The second kappa shape index (κ2) is 7.40. The third-order valence-corrected chi connectivity index (χ3v) is 3.96. The summed E-state index contributed by atoms with van der Waals surface area (Å²) in [5.74, 6) is 0. The third kappa shape index (κ3) is 3.65. The maximum atomic E-state index is 10.0. The molecule has 1 heterocycles. The Labute approximate surface area is 109 Å². The molecule has 0 unspecified atom stereocenters. The predicted molar refractivity (Wildman–Crippen MR) is 69.2 cm³/mol. The SMILES string of the molecule is CCCCCCC[C@]1(CO)NC[C@H](O)[C@@H](O)[C@@H]1O. The summed E-state index contributed by atoms with van der Waals surface area (Å²) in [6.45, 7) is 2.12. The van der Waals surface area contributed by atoms with Crippen molar-refractivity contribution in [2.75, 3.05) is 13.2 Å². The van der Waals surface area contributed by atoms with Gasteiger partial charge in [-0.3, -0.25) is 0 Å². The Morgan fingerprint density at radius 3 is 2.39 bits per heavy atom. The van der Waals surface area contributed by atoms with Crippen LogP contribution in [0.25, 0.3) is 0 Å². The Morgan fingerprint density at radius 2 is 1.78 bits per heavy atom. The molecule has 0 radical (unpaired) electrons. The van der Waals surface area contributed by atoms with Crippen molar-refractivity contribution in [1.82, 2.24) is 5.32 Å². The lowest BCUT2D eigenvalue weighted by Crippen LogP contribution is -2.69. The molecule has 1 aliphatic rings. The van der Waals surface area contributed by atoms with Gasteiger partial charge in [-0.25, -0.2) is 0 Å². The van der Waals surface area contributed by atoms with E-state index < -0.39 is 23.9 Å². The van der Waals surface area contributed by atoms with Gasteiger partial charge in [0.2, 0.25) is 0 Å². The van der Waals surface area contributed by atoms with Gasteiger partial charge in [0.1, 0.15) is 12.2 Å². The first-order chi connectivity index (χ1) is 8.57. The van der Waals surface area contributed by atoms with Crippen LogP contribution in [0.2, 0.25) is 0 Å². The maximum Gasteiger partial charge on any atom is 0.109 e. The molecule has 5 nitrogen and oxygen atoms in total. The molecule has 0 spiro atoms. The van der Waals surface area contributed by atoms with Crippen LogP contribution in [0.1, 0.15) is 45.4 Å². The molecule has 1 rings (SSSR count). The van der Waals surface area contributed by atoms with Crippen LogP contribution >= 0.6 is 0 Å². The fourth-order valence-electron chi connectivity index (χ4n) is 2.58. The number of aliphatic hydroxyl groups is 4. The van der Waals surface area contributed by atoms with Crippen molar-refractivity contribution < 1.29 is 20.4 Å². The van der Waals surface area contributed by atoms with E-state index in [2.05, 4.69) is 12.2 Å². The van der Waals surface area contributed by atoms with Crippen LogP contribution in [0.5, 0.6) is 0 Å². The van der Waals surface area contributed by atoms with E-state index in [0.29, 0.717) is 6.42 Å². The van der Waals surface area contributed by atoms with Crippen molar-refractivity contribution in [3.8, 4) is 0 Å². The van der Waals surface area contributed by atoms with Crippen molar-refractivity contribution >= 4 is 0 Å². The number of rotatable bonds is 7. The van der Waals surface area contributed by atoms with E-state index in [4.69, 9.17) is 0 Å². The second-order valence-corrected chi connectivity index (χ2v) is 5.36. The largest absolute Gasteiger partial charge is 0.394 e. The van der Waals surface area contributed by atoms with Crippen molar-refractivity contribution in [3.05, 3.63) is 0 Å². The lowest BCUT2D eigenvalue weighted by atomic mass is 9.79. The number of hydrogen-bond donors (Lipinski definition) is 5. The van der Waals surface area contributed by atoms with E-state index >= 15 is 0 Å². The van der Waals surface area contributed by atoms with Gasteiger partial charge >= 0.3 is 0 Å². The van der Waals surface area contributed by atoms with Gasteiger partial charge < -0.3 is 25.7 Å². The summed E-state index contributed by atoms with van der Waals surface area (Å²) in [6, 6.07) is 0. The normalized spacial score (nSPS) is 36.8. The number of β-amino-alcohol motifs (C(OH)–C–C–N with tert-alkyl or cyclic N) is 1. The van der Waals surface area contributed by atoms with E-state index in [1.165, 1.54) is 12.8 Å². The van der Waals surface area contributed by atoms with Crippen LogP contribution < -0.4 is 5.32 Å². The summed E-state index contributed by atoms with van der Waals surface area (Å²) in [5, 5.41) is 41.7. The molecule has 1 saturated heterocycles. The number of hydrogen-bond acceptors (Lipinski definition) is 5. The Balaban J connectivity index is 2.46. The van der Waals surface area contributed by atoms with Crippen molar-refractivity contribution in [2.45, 2.75) is 69.3 Å². The molecule has 0 aromatic rings. The van der Waals surface area contributed by atoms with Crippen LogP contribution in [-0.2, 0) is 0 Å². The van der Waals surface area contributed by atoms with Gasteiger partial charge in [-0.2, -0.15) is 0 Å². The molecule has 0 saturated carbocycles. The topological polar surface area (TPSA) is 93.0 Å². The molecule has 1 aliphatic heterocycles. The summed E-state index contributed by atoms with van der Waals surface area (Å²) < 4.78 is 0. The minimum atomic E-state index is -1.19. The smallest absolute Gasteiger partial charge is 0.109 e. The molecule has 0 aromatic heterocycles. The molecule has 5 heteroatoms. The molecule has 0 bridgehead atoms. The molecule has 1 fully saturated rings.